The van der Waals surface area contributed by atoms with Gasteiger partial charge in [0.1, 0.15) is 0 Å². The molecule has 1 aromatic carbocycles. The number of nitro groups is 1. The van der Waals surface area contributed by atoms with Crippen LogP contribution in [0.5, 0.6) is 5.75 Å². The summed E-state index contributed by atoms with van der Waals surface area (Å²) in [4.78, 5) is 10.1. The quantitative estimate of drug-likeness (QED) is 0.668. The number of rotatable bonds is 5. The molecule has 0 spiro atoms. The van der Waals surface area contributed by atoms with Gasteiger partial charge in [-0.1, -0.05) is 0 Å². The van der Waals surface area contributed by atoms with Crippen molar-refractivity contribution in [3.05, 3.63) is 33.9 Å². The Morgan fingerprint density at radius 3 is 2.59 bits per heavy atom. The third kappa shape index (κ3) is 4.33. The molecule has 0 radical (unpaired) electrons. The molecule has 0 unspecified atom stereocenters. The standard InChI is InChI=1S/C14H17F3N2O3/c15-14(16,17)11-1-2-13(12(9-11)19(20)21)22-8-5-10-3-6-18-7-4-10/h1-2,9-10,18H,3-8H2. The summed E-state index contributed by atoms with van der Waals surface area (Å²) in [7, 11) is 0. The lowest BCUT2D eigenvalue weighted by Gasteiger charge is -2.22. The van der Waals surface area contributed by atoms with E-state index in [1.165, 1.54) is 0 Å². The summed E-state index contributed by atoms with van der Waals surface area (Å²) in [6, 6.07) is 2.33. The normalized spacial score (nSPS) is 16.5. The second-order valence-electron chi connectivity index (χ2n) is 5.27. The van der Waals surface area contributed by atoms with Crippen LogP contribution in [0.2, 0.25) is 0 Å². The highest BCUT2D eigenvalue weighted by Gasteiger charge is 2.33. The van der Waals surface area contributed by atoms with Gasteiger partial charge in [0.05, 0.1) is 17.1 Å². The molecule has 0 amide bonds. The van der Waals surface area contributed by atoms with Crippen molar-refractivity contribution in [3.63, 3.8) is 0 Å². The zero-order chi connectivity index (χ0) is 16.2. The summed E-state index contributed by atoms with van der Waals surface area (Å²) in [5.41, 5.74) is -1.70. The first-order chi connectivity index (χ1) is 10.4. The molecule has 2 rings (SSSR count). The van der Waals surface area contributed by atoms with Crippen molar-refractivity contribution in [2.24, 2.45) is 5.92 Å². The molecule has 1 N–H and O–H groups in total. The van der Waals surface area contributed by atoms with Crippen LogP contribution in [0.3, 0.4) is 0 Å². The van der Waals surface area contributed by atoms with Crippen LogP contribution < -0.4 is 10.1 Å². The average molecular weight is 318 g/mol. The lowest BCUT2D eigenvalue weighted by molar-refractivity contribution is -0.386. The number of halogens is 3. The maximum Gasteiger partial charge on any atom is 0.416 e. The maximum atomic E-state index is 12.6. The van der Waals surface area contributed by atoms with E-state index in [1.54, 1.807) is 0 Å². The summed E-state index contributed by atoms with van der Waals surface area (Å²) in [6.45, 7) is 2.13. The van der Waals surface area contributed by atoms with Gasteiger partial charge in [0.25, 0.3) is 0 Å². The van der Waals surface area contributed by atoms with E-state index in [4.69, 9.17) is 4.74 Å². The molecule has 0 aliphatic carbocycles. The number of benzene rings is 1. The number of ether oxygens (including phenoxy) is 1. The van der Waals surface area contributed by atoms with Gasteiger partial charge in [-0.05, 0) is 50.4 Å². The number of hydrogen-bond donors (Lipinski definition) is 1. The monoisotopic (exact) mass is 318 g/mol. The molecule has 8 heteroatoms. The van der Waals surface area contributed by atoms with E-state index in [9.17, 15) is 23.3 Å². The highest BCUT2D eigenvalue weighted by molar-refractivity contribution is 5.49. The van der Waals surface area contributed by atoms with E-state index in [1.807, 2.05) is 0 Å². The zero-order valence-electron chi connectivity index (χ0n) is 11.9. The average Bonchev–Trinajstić information content (AvgIpc) is 2.47. The van der Waals surface area contributed by atoms with Gasteiger partial charge in [-0.2, -0.15) is 13.2 Å². The van der Waals surface area contributed by atoms with Crippen molar-refractivity contribution >= 4 is 5.69 Å². The third-order valence-electron chi connectivity index (χ3n) is 3.73. The molecule has 0 atom stereocenters. The molecule has 1 heterocycles. The van der Waals surface area contributed by atoms with Gasteiger partial charge in [0.15, 0.2) is 5.75 Å². The molecule has 5 nitrogen and oxygen atoms in total. The molecule has 1 aromatic rings. The highest BCUT2D eigenvalue weighted by atomic mass is 19.4. The van der Waals surface area contributed by atoms with Gasteiger partial charge < -0.3 is 10.1 Å². The lowest BCUT2D eigenvalue weighted by Crippen LogP contribution is -2.28. The van der Waals surface area contributed by atoms with E-state index < -0.39 is 22.4 Å². The van der Waals surface area contributed by atoms with E-state index in [-0.39, 0.29) is 12.4 Å². The Kier molecular flexibility index (Phi) is 5.23. The van der Waals surface area contributed by atoms with E-state index in [2.05, 4.69) is 5.32 Å². The number of piperidine rings is 1. The predicted molar refractivity (Wildman–Crippen MR) is 73.8 cm³/mol. The Morgan fingerprint density at radius 2 is 2.00 bits per heavy atom. The summed E-state index contributed by atoms with van der Waals surface area (Å²) < 4.78 is 43.1. The summed E-state index contributed by atoms with van der Waals surface area (Å²) in [6.07, 6.45) is -1.85. The van der Waals surface area contributed by atoms with E-state index in [0.29, 0.717) is 12.0 Å². The molecule has 1 saturated heterocycles. The molecule has 1 fully saturated rings. The summed E-state index contributed by atoms with van der Waals surface area (Å²) in [5, 5.41) is 14.1. The van der Waals surface area contributed by atoms with Crippen molar-refractivity contribution in [2.45, 2.75) is 25.4 Å². The SMILES string of the molecule is O=[N+]([O-])c1cc(C(F)(F)F)ccc1OCCC1CCNCC1. The van der Waals surface area contributed by atoms with Crippen molar-refractivity contribution in [3.8, 4) is 5.75 Å². The fourth-order valence-corrected chi connectivity index (χ4v) is 2.46. The Labute approximate surface area is 125 Å². The van der Waals surface area contributed by atoms with Crippen molar-refractivity contribution in [1.29, 1.82) is 0 Å². The summed E-state index contributed by atoms with van der Waals surface area (Å²) >= 11 is 0. The number of alkyl halides is 3. The zero-order valence-corrected chi connectivity index (χ0v) is 11.9. The lowest BCUT2D eigenvalue weighted by atomic mass is 9.95. The highest BCUT2D eigenvalue weighted by Crippen LogP contribution is 2.36. The van der Waals surface area contributed by atoms with Crippen LogP contribution in [0.25, 0.3) is 0 Å². The van der Waals surface area contributed by atoms with Gasteiger partial charge in [-0.25, -0.2) is 0 Å². The van der Waals surface area contributed by atoms with E-state index in [0.717, 1.165) is 44.5 Å². The Balaban J connectivity index is 2.01. The van der Waals surface area contributed by atoms with Crippen LogP contribution in [0, 0.1) is 16.0 Å². The van der Waals surface area contributed by atoms with Crippen LogP contribution in [-0.4, -0.2) is 24.6 Å². The van der Waals surface area contributed by atoms with Crippen LogP contribution in [0.1, 0.15) is 24.8 Å². The molecule has 22 heavy (non-hydrogen) atoms. The minimum Gasteiger partial charge on any atom is -0.487 e. The van der Waals surface area contributed by atoms with Crippen LogP contribution in [0.15, 0.2) is 18.2 Å². The smallest absolute Gasteiger partial charge is 0.416 e. The molecule has 0 aromatic heterocycles. The number of nitro benzene ring substituents is 1. The first-order valence-corrected chi connectivity index (χ1v) is 7.07. The van der Waals surface area contributed by atoms with Crippen molar-refractivity contribution in [1.82, 2.24) is 5.32 Å². The predicted octanol–water partition coefficient (Wildman–Crippen LogP) is 3.38. The van der Waals surface area contributed by atoms with E-state index >= 15 is 0 Å². The van der Waals surface area contributed by atoms with Crippen LogP contribution in [0.4, 0.5) is 18.9 Å². The maximum absolute atomic E-state index is 12.6. The van der Waals surface area contributed by atoms with Gasteiger partial charge in [0.2, 0.25) is 0 Å². The van der Waals surface area contributed by atoms with Crippen molar-refractivity contribution < 1.29 is 22.8 Å². The molecule has 1 aliphatic heterocycles. The minimum absolute atomic E-state index is 0.119. The minimum atomic E-state index is -4.61. The molecule has 1 aliphatic rings. The van der Waals surface area contributed by atoms with Crippen LogP contribution in [-0.2, 0) is 6.18 Å². The Morgan fingerprint density at radius 1 is 1.32 bits per heavy atom. The fourth-order valence-electron chi connectivity index (χ4n) is 2.46. The number of nitrogens with one attached hydrogen (secondary N) is 1. The Hall–Kier alpha value is -1.83. The summed E-state index contributed by atoms with van der Waals surface area (Å²) in [5.74, 6) is 0.363. The first-order valence-electron chi connectivity index (χ1n) is 7.07. The molecular formula is C14H17F3N2O3. The molecule has 0 bridgehead atoms. The number of nitrogens with zero attached hydrogens (tertiary/aromatic N) is 1. The first kappa shape index (κ1) is 16.5. The van der Waals surface area contributed by atoms with Crippen molar-refractivity contribution in [2.75, 3.05) is 19.7 Å². The second-order valence-corrected chi connectivity index (χ2v) is 5.27. The van der Waals surface area contributed by atoms with Gasteiger partial charge >= 0.3 is 11.9 Å². The van der Waals surface area contributed by atoms with Gasteiger partial charge in [0, 0.05) is 6.07 Å². The van der Waals surface area contributed by atoms with Gasteiger partial charge in [-0.3, -0.25) is 10.1 Å². The topological polar surface area (TPSA) is 64.4 Å². The largest absolute Gasteiger partial charge is 0.487 e. The second kappa shape index (κ2) is 6.95. The molecule has 122 valence electrons. The number of hydrogen-bond acceptors (Lipinski definition) is 4. The third-order valence-corrected chi connectivity index (χ3v) is 3.73. The van der Waals surface area contributed by atoms with Gasteiger partial charge in [-0.15, -0.1) is 0 Å². The van der Waals surface area contributed by atoms with Crippen LogP contribution >= 0.6 is 0 Å². The molecular weight excluding hydrogens is 301 g/mol. The fraction of sp³-hybridized carbons (Fsp3) is 0.571. The molecule has 0 saturated carbocycles. The Bertz CT molecular complexity index is 529.